The number of carbonyl (C=O) groups is 1. The number of nitrogens with zero attached hydrogens (tertiary/aromatic N) is 1. The molecule has 0 aliphatic heterocycles. The molecule has 0 unspecified atom stereocenters. The Morgan fingerprint density at radius 1 is 0.774 bits per heavy atom. The quantitative estimate of drug-likeness (QED) is 0.497. The Labute approximate surface area is 186 Å². The minimum absolute atomic E-state index is 0.0724. The van der Waals surface area contributed by atoms with Crippen LogP contribution in [0.15, 0.2) is 66.9 Å². The van der Waals surface area contributed by atoms with Gasteiger partial charge in [0, 0.05) is 24.0 Å². The standard InChI is InChI=1S/C27H33N3O/c1-26(2,3)21-11-9-20(10-12-21)25(31)30-23-14-7-19(8-15-23)17-28-24-16-13-22(18-29-24)27(4,5)6/h7-16,18H,17H2,1-6H3,(H,28,29)(H,30,31). The Kier molecular flexibility index (Phi) is 6.49. The summed E-state index contributed by atoms with van der Waals surface area (Å²) in [5.41, 5.74) is 5.15. The van der Waals surface area contributed by atoms with Gasteiger partial charge in [-0.1, -0.05) is 71.9 Å². The van der Waals surface area contributed by atoms with Crippen LogP contribution in [0.2, 0.25) is 0 Å². The first-order valence-corrected chi connectivity index (χ1v) is 10.7. The van der Waals surface area contributed by atoms with Crippen LogP contribution in [-0.4, -0.2) is 10.9 Å². The first-order valence-electron chi connectivity index (χ1n) is 10.7. The van der Waals surface area contributed by atoms with Crippen molar-refractivity contribution in [1.29, 1.82) is 0 Å². The number of hydrogen-bond acceptors (Lipinski definition) is 3. The van der Waals surface area contributed by atoms with Gasteiger partial charge in [-0.2, -0.15) is 0 Å². The van der Waals surface area contributed by atoms with Gasteiger partial charge < -0.3 is 10.6 Å². The highest BCUT2D eigenvalue weighted by Gasteiger charge is 2.15. The lowest BCUT2D eigenvalue weighted by Gasteiger charge is -2.19. The fraction of sp³-hybridized carbons (Fsp3) is 0.333. The van der Waals surface area contributed by atoms with Gasteiger partial charge in [0.25, 0.3) is 5.91 Å². The van der Waals surface area contributed by atoms with Crippen molar-refractivity contribution in [3.8, 4) is 0 Å². The SMILES string of the molecule is CC(C)(C)c1ccc(C(=O)Nc2ccc(CNc3ccc(C(C)(C)C)cn3)cc2)cc1. The second kappa shape index (κ2) is 8.93. The Bertz CT molecular complexity index is 1010. The third-order valence-electron chi connectivity index (χ3n) is 5.33. The molecule has 1 amide bonds. The highest BCUT2D eigenvalue weighted by atomic mass is 16.1. The summed E-state index contributed by atoms with van der Waals surface area (Å²) in [7, 11) is 0. The number of hydrogen-bond donors (Lipinski definition) is 2. The van der Waals surface area contributed by atoms with Gasteiger partial charge in [0.15, 0.2) is 0 Å². The number of rotatable bonds is 5. The maximum absolute atomic E-state index is 12.5. The number of pyridine rings is 1. The fourth-order valence-electron chi connectivity index (χ4n) is 3.17. The molecule has 31 heavy (non-hydrogen) atoms. The average molecular weight is 416 g/mol. The first kappa shape index (κ1) is 22.5. The van der Waals surface area contributed by atoms with E-state index in [0.717, 1.165) is 17.1 Å². The maximum Gasteiger partial charge on any atom is 0.255 e. The molecule has 2 aromatic carbocycles. The number of nitrogens with one attached hydrogen (secondary N) is 2. The lowest BCUT2D eigenvalue weighted by Crippen LogP contribution is -2.14. The summed E-state index contributed by atoms with van der Waals surface area (Å²) in [5, 5.41) is 6.31. The Morgan fingerprint density at radius 3 is 1.87 bits per heavy atom. The summed E-state index contributed by atoms with van der Waals surface area (Å²) in [6.45, 7) is 13.7. The van der Waals surface area contributed by atoms with Crippen LogP contribution >= 0.6 is 0 Å². The van der Waals surface area contributed by atoms with E-state index < -0.39 is 0 Å². The summed E-state index contributed by atoms with van der Waals surface area (Å²) in [5.74, 6) is 0.749. The van der Waals surface area contributed by atoms with Gasteiger partial charge in [-0.05, 0) is 57.9 Å². The Morgan fingerprint density at radius 2 is 1.35 bits per heavy atom. The van der Waals surface area contributed by atoms with Crippen LogP contribution in [0.1, 0.15) is 68.6 Å². The van der Waals surface area contributed by atoms with E-state index in [2.05, 4.69) is 63.2 Å². The largest absolute Gasteiger partial charge is 0.366 e. The molecule has 2 N–H and O–H groups in total. The van der Waals surface area contributed by atoms with Crippen molar-refractivity contribution in [3.63, 3.8) is 0 Å². The van der Waals surface area contributed by atoms with Crippen LogP contribution in [-0.2, 0) is 17.4 Å². The van der Waals surface area contributed by atoms with E-state index in [9.17, 15) is 4.79 Å². The zero-order chi connectivity index (χ0) is 22.6. The second-order valence-electron chi connectivity index (χ2n) is 10.0. The molecule has 0 aliphatic rings. The summed E-state index contributed by atoms with van der Waals surface area (Å²) in [6.07, 6.45) is 1.93. The molecule has 0 atom stereocenters. The van der Waals surface area contributed by atoms with E-state index in [0.29, 0.717) is 12.1 Å². The summed E-state index contributed by atoms with van der Waals surface area (Å²) in [6, 6.07) is 19.8. The molecule has 1 heterocycles. The van der Waals surface area contributed by atoms with Gasteiger partial charge in [-0.25, -0.2) is 4.98 Å². The molecule has 0 fully saturated rings. The first-order chi connectivity index (χ1) is 14.5. The summed E-state index contributed by atoms with van der Waals surface area (Å²) in [4.78, 5) is 17.0. The zero-order valence-corrected chi connectivity index (χ0v) is 19.4. The zero-order valence-electron chi connectivity index (χ0n) is 19.4. The molecular weight excluding hydrogens is 382 g/mol. The van der Waals surface area contributed by atoms with E-state index in [1.807, 2.05) is 60.8 Å². The predicted octanol–water partition coefficient (Wildman–Crippen LogP) is 6.54. The normalized spacial score (nSPS) is 11.8. The van der Waals surface area contributed by atoms with E-state index in [1.54, 1.807) is 0 Å². The van der Waals surface area contributed by atoms with Gasteiger partial charge in [-0.3, -0.25) is 4.79 Å². The van der Waals surface area contributed by atoms with E-state index in [1.165, 1.54) is 11.1 Å². The average Bonchev–Trinajstić information content (AvgIpc) is 2.72. The lowest BCUT2D eigenvalue weighted by molar-refractivity contribution is 0.102. The van der Waals surface area contributed by atoms with Gasteiger partial charge in [0.05, 0.1) is 0 Å². The van der Waals surface area contributed by atoms with E-state index >= 15 is 0 Å². The van der Waals surface area contributed by atoms with Crippen molar-refractivity contribution in [1.82, 2.24) is 4.98 Å². The third kappa shape index (κ3) is 6.17. The summed E-state index contributed by atoms with van der Waals surface area (Å²) >= 11 is 0. The number of anilines is 2. The number of carbonyl (C=O) groups excluding carboxylic acids is 1. The molecule has 0 saturated heterocycles. The molecule has 0 saturated carbocycles. The Balaban J connectivity index is 1.55. The van der Waals surface area contributed by atoms with Crippen molar-refractivity contribution in [3.05, 3.63) is 89.1 Å². The monoisotopic (exact) mass is 415 g/mol. The van der Waals surface area contributed by atoms with Crippen molar-refractivity contribution >= 4 is 17.4 Å². The van der Waals surface area contributed by atoms with Crippen LogP contribution < -0.4 is 10.6 Å². The number of aromatic nitrogens is 1. The molecule has 0 aliphatic carbocycles. The highest BCUT2D eigenvalue weighted by Crippen LogP contribution is 2.23. The minimum atomic E-state index is -0.102. The van der Waals surface area contributed by atoms with Crippen LogP contribution in [0, 0.1) is 0 Å². The molecule has 4 heteroatoms. The number of benzene rings is 2. The van der Waals surface area contributed by atoms with E-state index in [4.69, 9.17) is 0 Å². The summed E-state index contributed by atoms with van der Waals surface area (Å²) < 4.78 is 0. The van der Waals surface area contributed by atoms with Crippen LogP contribution in [0.4, 0.5) is 11.5 Å². The van der Waals surface area contributed by atoms with Gasteiger partial charge in [0.2, 0.25) is 0 Å². The molecule has 1 aromatic heterocycles. The third-order valence-corrected chi connectivity index (χ3v) is 5.33. The Hall–Kier alpha value is -3.14. The maximum atomic E-state index is 12.5. The van der Waals surface area contributed by atoms with Crippen molar-refractivity contribution < 1.29 is 4.79 Å². The number of amides is 1. The molecule has 162 valence electrons. The second-order valence-corrected chi connectivity index (χ2v) is 10.0. The fourth-order valence-corrected chi connectivity index (χ4v) is 3.17. The van der Waals surface area contributed by atoms with Crippen molar-refractivity contribution in [2.24, 2.45) is 0 Å². The topological polar surface area (TPSA) is 54.0 Å². The van der Waals surface area contributed by atoms with E-state index in [-0.39, 0.29) is 16.7 Å². The van der Waals surface area contributed by atoms with Crippen LogP contribution in [0.25, 0.3) is 0 Å². The predicted molar refractivity (Wildman–Crippen MR) is 130 cm³/mol. The van der Waals surface area contributed by atoms with Gasteiger partial charge in [0.1, 0.15) is 5.82 Å². The molecule has 4 nitrogen and oxygen atoms in total. The van der Waals surface area contributed by atoms with Crippen LogP contribution in [0.5, 0.6) is 0 Å². The molecule has 0 radical (unpaired) electrons. The van der Waals surface area contributed by atoms with Gasteiger partial charge >= 0.3 is 0 Å². The lowest BCUT2D eigenvalue weighted by atomic mass is 9.87. The smallest absolute Gasteiger partial charge is 0.255 e. The molecule has 3 rings (SSSR count). The van der Waals surface area contributed by atoms with Crippen LogP contribution in [0.3, 0.4) is 0 Å². The van der Waals surface area contributed by atoms with Crippen molar-refractivity contribution in [2.75, 3.05) is 10.6 Å². The van der Waals surface area contributed by atoms with Crippen molar-refractivity contribution in [2.45, 2.75) is 58.9 Å². The molecule has 0 spiro atoms. The molecule has 3 aromatic rings. The van der Waals surface area contributed by atoms with Gasteiger partial charge in [-0.15, -0.1) is 0 Å². The molecule has 0 bridgehead atoms. The minimum Gasteiger partial charge on any atom is -0.366 e. The highest BCUT2D eigenvalue weighted by molar-refractivity contribution is 6.04. The molecular formula is C27H33N3O.